The van der Waals surface area contributed by atoms with Crippen molar-refractivity contribution in [1.82, 2.24) is 14.5 Å². The number of sulfonamides is 1. The summed E-state index contributed by atoms with van der Waals surface area (Å²) in [4.78, 5) is 23.8. The highest BCUT2D eigenvalue weighted by Crippen LogP contribution is 2.15. The predicted octanol–water partition coefficient (Wildman–Crippen LogP) is 2.63. The second-order valence-electron chi connectivity index (χ2n) is 6.87. The number of carbonyl (C=O) groups is 1. The Morgan fingerprint density at radius 2 is 1.71 bits per heavy atom. The standard InChI is InChI=1S/C22H24N4O4S/c1-2-6-21(27)24-18-9-11-19(12-10-18)31(29,30)23-15-16-26-22(28)14-13-20(25-26)17-7-4-3-5-8-17/h3-5,7-14,23H,2,6,15-16H2,1H3,(H,24,27). The highest BCUT2D eigenvalue weighted by atomic mass is 32.2. The van der Waals surface area contributed by atoms with Gasteiger partial charge in [0, 0.05) is 30.3 Å². The van der Waals surface area contributed by atoms with E-state index in [1.165, 1.54) is 35.0 Å². The maximum atomic E-state index is 12.5. The summed E-state index contributed by atoms with van der Waals surface area (Å²) < 4.78 is 28.8. The molecule has 2 N–H and O–H groups in total. The lowest BCUT2D eigenvalue weighted by molar-refractivity contribution is -0.116. The van der Waals surface area contributed by atoms with Crippen molar-refractivity contribution in [2.75, 3.05) is 11.9 Å². The van der Waals surface area contributed by atoms with Crippen molar-refractivity contribution in [3.8, 4) is 11.3 Å². The molecule has 1 amide bonds. The molecule has 0 aliphatic carbocycles. The number of carbonyl (C=O) groups excluding carboxylic acids is 1. The van der Waals surface area contributed by atoms with E-state index >= 15 is 0 Å². The number of hydrogen-bond donors (Lipinski definition) is 2. The summed E-state index contributed by atoms with van der Waals surface area (Å²) in [5.41, 5.74) is 1.71. The number of amides is 1. The van der Waals surface area contributed by atoms with Gasteiger partial charge in [0.2, 0.25) is 15.9 Å². The molecule has 0 unspecified atom stereocenters. The Balaban J connectivity index is 1.63. The van der Waals surface area contributed by atoms with Gasteiger partial charge in [0.1, 0.15) is 0 Å². The average molecular weight is 441 g/mol. The molecule has 8 nitrogen and oxygen atoms in total. The first-order valence-electron chi connectivity index (χ1n) is 9.92. The fourth-order valence-electron chi connectivity index (χ4n) is 2.91. The molecular weight excluding hydrogens is 416 g/mol. The van der Waals surface area contributed by atoms with Gasteiger partial charge in [-0.2, -0.15) is 5.10 Å². The molecule has 0 aliphatic heterocycles. The Morgan fingerprint density at radius 1 is 1.00 bits per heavy atom. The molecule has 1 heterocycles. The molecule has 2 aromatic carbocycles. The van der Waals surface area contributed by atoms with Crippen LogP contribution in [0.5, 0.6) is 0 Å². The number of benzene rings is 2. The second kappa shape index (κ2) is 10.1. The second-order valence-corrected chi connectivity index (χ2v) is 8.63. The van der Waals surface area contributed by atoms with Gasteiger partial charge in [-0.05, 0) is 36.8 Å². The summed E-state index contributed by atoms with van der Waals surface area (Å²) in [5, 5.41) is 7.03. The summed E-state index contributed by atoms with van der Waals surface area (Å²) in [7, 11) is -3.77. The molecule has 9 heteroatoms. The van der Waals surface area contributed by atoms with Crippen LogP contribution in [-0.4, -0.2) is 30.7 Å². The third-order valence-electron chi connectivity index (χ3n) is 4.48. The van der Waals surface area contributed by atoms with Crippen LogP contribution in [0.25, 0.3) is 11.3 Å². The zero-order chi connectivity index (χ0) is 22.3. The third-order valence-corrected chi connectivity index (χ3v) is 5.95. The third kappa shape index (κ3) is 6.09. The Hall–Kier alpha value is -3.30. The molecule has 0 radical (unpaired) electrons. The molecule has 0 saturated heterocycles. The van der Waals surface area contributed by atoms with E-state index in [1.807, 2.05) is 37.3 Å². The molecule has 0 saturated carbocycles. The first kappa shape index (κ1) is 22.4. The zero-order valence-corrected chi connectivity index (χ0v) is 17.9. The molecule has 3 aromatic rings. The van der Waals surface area contributed by atoms with Crippen molar-refractivity contribution in [2.24, 2.45) is 0 Å². The van der Waals surface area contributed by atoms with Crippen LogP contribution in [0.3, 0.4) is 0 Å². The molecule has 162 valence electrons. The maximum absolute atomic E-state index is 12.5. The van der Waals surface area contributed by atoms with E-state index < -0.39 is 10.0 Å². The largest absolute Gasteiger partial charge is 0.326 e. The molecular formula is C22H24N4O4S. The first-order valence-corrected chi connectivity index (χ1v) is 11.4. The van der Waals surface area contributed by atoms with E-state index in [1.54, 1.807) is 6.07 Å². The molecule has 0 spiro atoms. The highest BCUT2D eigenvalue weighted by Gasteiger charge is 2.14. The van der Waals surface area contributed by atoms with Crippen LogP contribution in [0.2, 0.25) is 0 Å². The number of nitrogens with zero attached hydrogens (tertiary/aromatic N) is 2. The van der Waals surface area contributed by atoms with Crippen LogP contribution in [0.4, 0.5) is 5.69 Å². The number of nitrogens with one attached hydrogen (secondary N) is 2. The van der Waals surface area contributed by atoms with Gasteiger partial charge in [-0.3, -0.25) is 9.59 Å². The molecule has 0 fully saturated rings. The lowest BCUT2D eigenvalue weighted by Crippen LogP contribution is -2.32. The number of hydrogen-bond acceptors (Lipinski definition) is 5. The molecule has 1 aromatic heterocycles. The van der Waals surface area contributed by atoms with Gasteiger partial charge in [0.15, 0.2) is 0 Å². The van der Waals surface area contributed by atoms with E-state index in [2.05, 4.69) is 15.1 Å². The van der Waals surface area contributed by atoms with Crippen molar-refractivity contribution < 1.29 is 13.2 Å². The number of rotatable bonds is 9. The predicted molar refractivity (Wildman–Crippen MR) is 119 cm³/mol. The minimum absolute atomic E-state index is 0.00245. The zero-order valence-electron chi connectivity index (χ0n) is 17.1. The van der Waals surface area contributed by atoms with Gasteiger partial charge in [-0.25, -0.2) is 17.8 Å². The van der Waals surface area contributed by atoms with Gasteiger partial charge in [0.05, 0.1) is 17.1 Å². The lowest BCUT2D eigenvalue weighted by atomic mass is 10.1. The topological polar surface area (TPSA) is 110 Å². The van der Waals surface area contributed by atoms with Crippen LogP contribution in [0, 0.1) is 0 Å². The summed E-state index contributed by atoms with van der Waals surface area (Å²) >= 11 is 0. The van der Waals surface area contributed by atoms with Crippen molar-refractivity contribution in [1.29, 1.82) is 0 Å². The van der Waals surface area contributed by atoms with E-state index in [0.29, 0.717) is 17.8 Å². The van der Waals surface area contributed by atoms with Crippen LogP contribution in [0.15, 0.2) is 76.4 Å². The lowest BCUT2D eigenvalue weighted by Gasteiger charge is -2.10. The van der Waals surface area contributed by atoms with E-state index in [9.17, 15) is 18.0 Å². The van der Waals surface area contributed by atoms with Crippen LogP contribution in [-0.2, 0) is 21.4 Å². The Labute approximate surface area is 181 Å². The molecule has 0 atom stereocenters. The van der Waals surface area contributed by atoms with Gasteiger partial charge in [-0.15, -0.1) is 0 Å². The van der Waals surface area contributed by atoms with Crippen LogP contribution >= 0.6 is 0 Å². The fourth-order valence-corrected chi connectivity index (χ4v) is 3.93. The smallest absolute Gasteiger partial charge is 0.266 e. The average Bonchev–Trinajstić information content (AvgIpc) is 2.76. The summed E-state index contributed by atoms with van der Waals surface area (Å²) in [6.45, 7) is 1.99. The minimum Gasteiger partial charge on any atom is -0.326 e. The summed E-state index contributed by atoms with van der Waals surface area (Å²) in [6, 6.07) is 18.4. The highest BCUT2D eigenvalue weighted by molar-refractivity contribution is 7.89. The Kier molecular flexibility index (Phi) is 7.32. The van der Waals surface area contributed by atoms with Crippen molar-refractivity contribution in [3.05, 3.63) is 77.1 Å². The first-order chi connectivity index (χ1) is 14.9. The molecule has 3 rings (SSSR count). The van der Waals surface area contributed by atoms with Gasteiger partial charge in [-0.1, -0.05) is 37.3 Å². The van der Waals surface area contributed by atoms with Crippen LogP contribution in [0.1, 0.15) is 19.8 Å². The van der Waals surface area contributed by atoms with Gasteiger partial charge in [0.25, 0.3) is 5.56 Å². The van der Waals surface area contributed by atoms with Gasteiger partial charge < -0.3 is 5.32 Å². The van der Waals surface area contributed by atoms with Crippen molar-refractivity contribution in [3.63, 3.8) is 0 Å². The molecule has 0 bridgehead atoms. The van der Waals surface area contributed by atoms with E-state index in [4.69, 9.17) is 0 Å². The van der Waals surface area contributed by atoms with E-state index in [-0.39, 0.29) is 29.5 Å². The summed E-state index contributed by atoms with van der Waals surface area (Å²) in [6.07, 6.45) is 1.13. The normalized spacial score (nSPS) is 11.3. The quantitative estimate of drug-likeness (QED) is 0.531. The van der Waals surface area contributed by atoms with Crippen molar-refractivity contribution in [2.45, 2.75) is 31.2 Å². The Morgan fingerprint density at radius 3 is 2.39 bits per heavy atom. The number of anilines is 1. The maximum Gasteiger partial charge on any atom is 0.266 e. The van der Waals surface area contributed by atoms with Gasteiger partial charge >= 0.3 is 0 Å². The number of aromatic nitrogens is 2. The molecule has 0 aliphatic rings. The Bertz CT molecular complexity index is 1190. The fraction of sp³-hybridized carbons (Fsp3) is 0.227. The van der Waals surface area contributed by atoms with E-state index in [0.717, 1.165) is 12.0 Å². The van der Waals surface area contributed by atoms with Crippen molar-refractivity contribution >= 4 is 21.6 Å². The monoisotopic (exact) mass is 440 g/mol. The SMILES string of the molecule is CCCC(=O)Nc1ccc(S(=O)(=O)NCCn2nc(-c3ccccc3)ccc2=O)cc1. The van der Waals surface area contributed by atoms with Crippen LogP contribution < -0.4 is 15.6 Å². The minimum atomic E-state index is -3.77. The molecule has 31 heavy (non-hydrogen) atoms. The summed E-state index contributed by atoms with van der Waals surface area (Å²) in [5.74, 6) is -0.119.